The van der Waals surface area contributed by atoms with Crippen LogP contribution in [0.25, 0.3) is 5.69 Å². The number of hydrogen-bond donors (Lipinski definition) is 2. The average molecular weight is 533 g/mol. The monoisotopic (exact) mass is 532 g/mol. The first kappa shape index (κ1) is 26.8. The molecule has 0 atom stereocenters. The molecule has 0 radical (unpaired) electrons. The van der Waals surface area contributed by atoms with Crippen LogP contribution in [0.2, 0.25) is 0 Å². The minimum absolute atomic E-state index is 0. The lowest BCUT2D eigenvalue weighted by Gasteiger charge is -2.21. The standard InChI is InChI=1S/C24H28N6O2S2.ClH/c1-4-18-12-21(28-27-18)29(14-17-13-25-30(15-17)20-8-6-5-7-9-20)11-10-19-16-33-23(26-19)34-24(2,3)22(31)32;/h5-9,12-13,15-16H,4,10-11,14H2,1-3H3,(H,27,28)(H,31,32);1H. The average Bonchev–Trinajstić information content (AvgIpc) is 3.58. The van der Waals surface area contributed by atoms with Gasteiger partial charge in [-0.25, -0.2) is 9.67 Å². The fourth-order valence-electron chi connectivity index (χ4n) is 3.31. The Hall–Kier alpha value is -2.82. The number of nitrogens with zero attached hydrogens (tertiary/aromatic N) is 5. The van der Waals surface area contributed by atoms with E-state index >= 15 is 0 Å². The number of aromatic amines is 1. The molecule has 0 unspecified atom stereocenters. The van der Waals surface area contributed by atoms with Crippen LogP contribution in [-0.4, -0.2) is 47.3 Å². The molecule has 8 nitrogen and oxygen atoms in total. The lowest BCUT2D eigenvalue weighted by atomic mass is 10.2. The van der Waals surface area contributed by atoms with Crippen molar-refractivity contribution < 1.29 is 9.90 Å². The van der Waals surface area contributed by atoms with E-state index in [0.717, 1.165) is 52.2 Å². The number of aryl methyl sites for hydroxylation is 1. The number of benzene rings is 1. The molecule has 3 heterocycles. The Bertz CT molecular complexity index is 1240. The lowest BCUT2D eigenvalue weighted by Crippen LogP contribution is -2.27. The third-order valence-electron chi connectivity index (χ3n) is 5.38. The molecule has 4 rings (SSSR count). The second kappa shape index (κ2) is 11.7. The Morgan fingerprint density at radius 3 is 2.74 bits per heavy atom. The van der Waals surface area contributed by atoms with Gasteiger partial charge in [0.25, 0.3) is 0 Å². The maximum Gasteiger partial charge on any atom is 0.319 e. The summed E-state index contributed by atoms with van der Waals surface area (Å²) in [5.74, 6) is 0.0443. The largest absolute Gasteiger partial charge is 0.480 e. The number of H-pyrrole nitrogens is 1. The van der Waals surface area contributed by atoms with E-state index in [1.54, 1.807) is 13.8 Å². The Balaban J connectivity index is 0.00000342. The van der Waals surface area contributed by atoms with Crippen molar-refractivity contribution in [3.8, 4) is 5.69 Å². The van der Waals surface area contributed by atoms with E-state index in [-0.39, 0.29) is 12.4 Å². The molecule has 4 aromatic rings. The highest BCUT2D eigenvalue weighted by Gasteiger charge is 2.29. The van der Waals surface area contributed by atoms with Gasteiger partial charge in [0.05, 0.1) is 17.6 Å². The molecule has 0 fully saturated rings. The summed E-state index contributed by atoms with van der Waals surface area (Å²) in [6.45, 7) is 6.88. The number of thioether (sulfide) groups is 1. The molecule has 35 heavy (non-hydrogen) atoms. The van der Waals surface area contributed by atoms with Crippen molar-refractivity contribution in [3.05, 3.63) is 71.1 Å². The topological polar surface area (TPSA) is 99.9 Å². The van der Waals surface area contributed by atoms with Gasteiger partial charge in [-0.2, -0.15) is 10.2 Å². The van der Waals surface area contributed by atoms with Crippen molar-refractivity contribution in [3.63, 3.8) is 0 Å². The van der Waals surface area contributed by atoms with E-state index in [1.165, 1.54) is 23.1 Å². The number of halogens is 1. The maximum atomic E-state index is 11.4. The van der Waals surface area contributed by atoms with Crippen molar-refractivity contribution in [1.29, 1.82) is 0 Å². The summed E-state index contributed by atoms with van der Waals surface area (Å²) >= 11 is 2.77. The zero-order valence-electron chi connectivity index (χ0n) is 19.8. The quantitative estimate of drug-likeness (QED) is 0.255. The SMILES string of the molecule is CCc1cc(N(CCc2csc(SC(C)(C)C(=O)O)n2)Cc2cnn(-c3ccccc3)c2)n[nH]1.Cl. The molecule has 0 spiro atoms. The first-order valence-electron chi connectivity index (χ1n) is 11.1. The highest BCUT2D eigenvalue weighted by atomic mass is 35.5. The Labute approximate surface area is 219 Å². The number of aromatic nitrogens is 5. The van der Waals surface area contributed by atoms with E-state index in [0.29, 0.717) is 6.54 Å². The van der Waals surface area contributed by atoms with Gasteiger partial charge in [-0.1, -0.05) is 36.9 Å². The molecule has 0 saturated heterocycles. The summed E-state index contributed by atoms with van der Waals surface area (Å²) in [6, 6.07) is 12.1. The van der Waals surface area contributed by atoms with Crippen LogP contribution < -0.4 is 4.90 Å². The van der Waals surface area contributed by atoms with E-state index in [4.69, 9.17) is 0 Å². The molecule has 2 N–H and O–H groups in total. The predicted molar refractivity (Wildman–Crippen MR) is 143 cm³/mol. The van der Waals surface area contributed by atoms with E-state index in [2.05, 4.69) is 38.2 Å². The van der Waals surface area contributed by atoms with Gasteiger partial charge in [-0.05, 0) is 32.4 Å². The second-order valence-electron chi connectivity index (χ2n) is 8.43. The fraction of sp³-hybridized carbons (Fsp3) is 0.333. The maximum absolute atomic E-state index is 11.4. The number of anilines is 1. The number of carbonyl (C=O) groups is 1. The molecule has 11 heteroatoms. The molecular weight excluding hydrogens is 504 g/mol. The minimum atomic E-state index is -0.911. The van der Waals surface area contributed by atoms with Gasteiger partial charge < -0.3 is 10.0 Å². The number of carboxylic acids is 1. The molecule has 0 saturated carbocycles. The van der Waals surface area contributed by atoms with Gasteiger partial charge in [0.15, 0.2) is 10.2 Å². The number of thiazole rings is 1. The van der Waals surface area contributed by atoms with Gasteiger partial charge in [0.1, 0.15) is 4.75 Å². The van der Waals surface area contributed by atoms with Crippen LogP contribution in [0.4, 0.5) is 5.82 Å². The Kier molecular flexibility index (Phi) is 8.98. The van der Waals surface area contributed by atoms with Gasteiger partial charge >= 0.3 is 5.97 Å². The number of nitrogens with one attached hydrogen (secondary N) is 1. The van der Waals surface area contributed by atoms with Crippen LogP contribution in [0.15, 0.2) is 58.5 Å². The van der Waals surface area contributed by atoms with Crippen LogP contribution in [0.1, 0.15) is 37.7 Å². The lowest BCUT2D eigenvalue weighted by molar-refractivity contribution is -0.138. The number of hydrogen-bond acceptors (Lipinski definition) is 7. The van der Waals surface area contributed by atoms with Crippen LogP contribution in [0.3, 0.4) is 0 Å². The Morgan fingerprint density at radius 2 is 2.06 bits per heavy atom. The second-order valence-corrected chi connectivity index (χ2v) is 11.2. The molecule has 0 aliphatic heterocycles. The highest BCUT2D eigenvalue weighted by molar-refractivity contribution is 8.03. The van der Waals surface area contributed by atoms with Gasteiger partial charge in [0, 0.05) is 48.4 Å². The van der Waals surface area contributed by atoms with E-state index in [1.807, 2.05) is 52.8 Å². The number of carboxylic acid groups (broad SMARTS) is 1. The fourth-order valence-corrected chi connectivity index (χ4v) is 5.54. The van der Waals surface area contributed by atoms with E-state index in [9.17, 15) is 9.90 Å². The predicted octanol–water partition coefficient (Wildman–Crippen LogP) is 5.24. The Morgan fingerprint density at radius 1 is 1.29 bits per heavy atom. The first-order valence-corrected chi connectivity index (χ1v) is 12.8. The van der Waals surface area contributed by atoms with Crippen molar-refractivity contribution in [2.75, 3.05) is 11.4 Å². The highest BCUT2D eigenvalue weighted by Crippen LogP contribution is 2.34. The molecule has 3 aromatic heterocycles. The zero-order valence-corrected chi connectivity index (χ0v) is 22.3. The van der Waals surface area contributed by atoms with Crippen LogP contribution >= 0.6 is 35.5 Å². The smallest absolute Gasteiger partial charge is 0.319 e. The van der Waals surface area contributed by atoms with Crippen molar-refractivity contribution in [2.45, 2.75) is 49.2 Å². The summed E-state index contributed by atoms with van der Waals surface area (Å²) in [4.78, 5) is 18.3. The van der Waals surface area contributed by atoms with Crippen molar-refractivity contribution in [2.24, 2.45) is 0 Å². The van der Waals surface area contributed by atoms with Crippen LogP contribution in [0.5, 0.6) is 0 Å². The van der Waals surface area contributed by atoms with Crippen molar-refractivity contribution in [1.82, 2.24) is 25.0 Å². The third-order valence-corrected chi connectivity index (χ3v) is 7.55. The van der Waals surface area contributed by atoms with Crippen molar-refractivity contribution >= 4 is 47.3 Å². The molecule has 0 aliphatic rings. The van der Waals surface area contributed by atoms with E-state index < -0.39 is 10.7 Å². The first-order chi connectivity index (χ1) is 16.3. The molecule has 0 amide bonds. The number of rotatable bonds is 11. The molecule has 0 aliphatic carbocycles. The minimum Gasteiger partial charge on any atom is -0.480 e. The number of aliphatic carboxylic acids is 1. The van der Waals surface area contributed by atoms with Gasteiger partial charge in [0.2, 0.25) is 0 Å². The molecule has 0 bridgehead atoms. The zero-order chi connectivity index (χ0) is 24.1. The summed E-state index contributed by atoms with van der Waals surface area (Å²) in [5, 5.41) is 23.5. The van der Waals surface area contributed by atoms with Gasteiger partial charge in [-0.3, -0.25) is 9.89 Å². The molecule has 186 valence electrons. The van der Waals surface area contributed by atoms with Gasteiger partial charge in [-0.15, -0.1) is 23.7 Å². The third kappa shape index (κ3) is 6.87. The molecule has 1 aromatic carbocycles. The molecular formula is C24H29ClN6O2S2. The summed E-state index contributed by atoms with van der Waals surface area (Å²) in [5.41, 5.74) is 4.14. The normalized spacial score (nSPS) is 11.3. The number of para-hydroxylation sites is 1. The summed E-state index contributed by atoms with van der Waals surface area (Å²) in [6.07, 6.45) is 5.55. The summed E-state index contributed by atoms with van der Waals surface area (Å²) in [7, 11) is 0. The van der Waals surface area contributed by atoms with Crippen LogP contribution in [-0.2, 0) is 24.2 Å². The summed E-state index contributed by atoms with van der Waals surface area (Å²) < 4.78 is 1.74. The van der Waals surface area contributed by atoms with Crippen LogP contribution in [0, 0.1) is 0 Å².